The van der Waals surface area contributed by atoms with Crippen molar-refractivity contribution in [3.63, 3.8) is 0 Å². The van der Waals surface area contributed by atoms with Gasteiger partial charge in [0.2, 0.25) is 0 Å². The second kappa shape index (κ2) is 5.49. The molecule has 0 saturated heterocycles. The van der Waals surface area contributed by atoms with Crippen molar-refractivity contribution in [3.8, 4) is 0 Å². The maximum Gasteiger partial charge on any atom is 0.417 e. The lowest BCUT2D eigenvalue weighted by molar-refractivity contribution is 0.554. The lowest BCUT2D eigenvalue weighted by atomic mass is 10.1. The highest BCUT2D eigenvalue weighted by atomic mass is 32.2. The molecule has 0 amide bonds. The number of anilines is 1. The van der Waals surface area contributed by atoms with Crippen LogP contribution in [0.5, 0.6) is 0 Å². The van der Waals surface area contributed by atoms with Crippen LogP contribution in [0, 0.1) is 0 Å². The number of benzene rings is 3. The summed E-state index contributed by atoms with van der Waals surface area (Å²) in [7, 11) is -2.29. The van der Waals surface area contributed by atoms with E-state index in [4.69, 9.17) is 4.42 Å². The first-order valence-corrected chi connectivity index (χ1v) is 9.00. The fraction of sp³-hybridized carbons (Fsp3) is 0.0556. The zero-order chi connectivity index (χ0) is 17.6. The lowest BCUT2D eigenvalue weighted by Gasteiger charge is -2.20. The molecule has 4 rings (SSSR count). The van der Waals surface area contributed by atoms with Gasteiger partial charge in [-0.15, -0.1) is 0 Å². The largest absolute Gasteiger partial charge is 0.417 e. The Morgan fingerprint density at radius 3 is 2.52 bits per heavy atom. The van der Waals surface area contributed by atoms with Gasteiger partial charge in [0, 0.05) is 13.1 Å². The first kappa shape index (κ1) is 15.5. The van der Waals surface area contributed by atoms with Crippen LogP contribution in [0.2, 0.25) is 0 Å². The molecule has 0 radical (unpaired) electrons. The summed E-state index contributed by atoms with van der Waals surface area (Å²) in [6, 6.07) is 17.5. The Labute approximate surface area is 143 Å². The molecule has 0 spiro atoms. The van der Waals surface area contributed by atoms with Gasteiger partial charge in [0.25, 0.3) is 10.0 Å². The second-order valence-corrected chi connectivity index (χ2v) is 7.65. The molecule has 6 nitrogen and oxygen atoms in total. The van der Waals surface area contributed by atoms with Gasteiger partial charge in [0.1, 0.15) is 0 Å². The van der Waals surface area contributed by atoms with E-state index in [2.05, 4.69) is 4.98 Å². The number of H-pyrrole nitrogens is 1. The third-order valence-electron chi connectivity index (χ3n) is 4.15. The van der Waals surface area contributed by atoms with Crippen LogP contribution in [-0.4, -0.2) is 20.4 Å². The molecule has 126 valence electrons. The monoisotopic (exact) mass is 354 g/mol. The van der Waals surface area contributed by atoms with Crippen molar-refractivity contribution >= 4 is 37.6 Å². The summed E-state index contributed by atoms with van der Waals surface area (Å²) in [6.45, 7) is 0. The smallest absolute Gasteiger partial charge is 0.408 e. The summed E-state index contributed by atoms with van der Waals surface area (Å²) in [5.74, 6) is -0.618. The zero-order valence-electron chi connectivity index (χ0n) is 13.3. The van der Waals surface area contributed by atoms with Gasteiger partial charge in [-0.1, -0.05) is 30.3 Å². The quantitative estimate of drug-likeness (QED) is 0.613. The maximum absolute atomic E-state index is 12.9. The van der Waals surface area contributed by atoms with E-state index < -0.39 is 15.8 Å². The minimum atomic E-state index is -3.79. The first-order valence-electron chi connectivity index (χ1n) is 7.56. The number of sulfonamides is 1. The average molecular weight is 354 g/mol. The Balaban J connectivity index is 1.79. The number of hydrogen-bond donors (Lipinski definition) is 1. The van der Waals surface area contributed by atoms with Crippen molar-refractivity contribution in [3.05, 3.63) is 71.2 Å². The lowest BCUT2D eigenvalue weighted by Crippen LogP contribution is -2.26. The summed E-state index contributed by atoms with van der Waals surface area (Å²) in [6.07, 6.45) is 0. The molecule has 25 heavy (non-hydrogen) atoms. The van der Waals surface area contributed by atoms with E-state index in [9.17, 15) is 13.2 Å². The van der Waals surface area contributed by atoms with E-state index in [1.54, 1.807) is 6.07 Å². The highest BCUT2D eigenvalue weighted by Gasteiger charge is 2.22. The molecular weight excluding hydrogens is 340 g/mol. The van der Waals surface area contributed by atoms with E-state index in [-0.39, 0.29) is 10.5 Å². The molecule has 0 atom stereocenters. The molecule has 1 heterocycles. The number of oxazole rings is 1. The molecule has 4 aromatic rings. The number of aromatic amines is 1. The Hall–Kier alpha value is -3.06. The van der Waals surface area contributed by atoms with E-state index in [1.165, 1.54) is 29.6 Å². The van der Waals surface area contributed by atoms with Gasteiger partial charge in [0.15, 0.2) is 5.58 Å². The minimum absolute atomic E-state index is 0.0541. The molecule has 0 aliphatic carbocycles. The van der Waals surface area contributed by atoms with Crippen molar-refractivity contribution in [1.82, 2.24) is 4.98 Å². The number of rotatable bonds is 3. The molecule has 0 saturated carbocycles. The molecule has 0 bridgehead atoms. The predicted octanol–water partition coefficient (Wildman–Crippen LogP) is 3.10. The van der Waals surface area contributed by atoms with Crippen LogP contribution in [0.25, 0.3) is 21.9 Å². The average Bonchev–Trinajstić information content (AvgIpc) is 2.99. The van der Waals surface area contributed by atoms with E-state index in [0.717, 1.165) is 10.8 Å². The Morgan fingerprint density at radius 2 is 1.72 bits per heavy atom. The van der Waals surface area contributed by atoms with Crippen LogP contribution < -0.4 is 10.1 Å². The molecule has 0 aliphatic heterocycles. The number of nitrogens with zero attached hydrogens (tertiary/aromatic N) is 1. The van der Waals surface area contributed by atoms with Crippen LogP contribution in [-0.2, 0) is 10.0 Å². The predicted molar refractivity (Wildman–Crippen MR) is 96.4 cm³/mol. The van der Waals surface area contributed by atoms with Gasteiger partial charge >= 0.3 is 5.76 Å². The summed E-state index contributed by atoms with van der Waals surface area (Å²) in [5.41, 5.74) is 1.21. The SMILES string of the molecule is CN(c1ccc2ccccc2c1)S(=O)(=O)c1ccc2[nH]c(=O)oc2c1. The molecule has 1 aromatic heterocycles. The number of nitrogens with one attached hydrogen (secondary N) is 1. The summed E-state index contributed by atoms with van der Waals surface area (Å²) >= 11 is 0. The van der Waals surface area contributed by atoms with Crippen molar-refractivity contribution < 1.29 is 12.8 Å². The van der Waals surface area contributed by atoms with Gasteiger partial charge in [-0.25, -0.2) is 13.2 Å². The highest BCUT2D eigenvalue weighted by Crippen LogP contribution is 2.27. The van der Waals surface area contributed by atoms with Crippen LogP contribution in [0.15, 0.2) is 74.8 Å². The van der Waals surface area contributed by atoms with Crippen LogP contribution in [0.4, 0.5) is 5.69 Å². The van der Waals surface area contributed by atoms with Gasteiger partial charge in [-0.2, -0.15) is 0 Å². The van der Waals surface area contributed by atoms with Crippen molar-refractivity contribution in [2.45, 2.75) is 4.90 Å². The third-order valence-corrected chi connectivity index (χ3v) is 5.93. The maximum atomic E-state index is 12.9. The Bertz CT molecular complexity index is 1250. The molecule has 7 heteroatoms. The van der Waals surface area contributed by atoms with E-state index >= 15 is 0 Å². The molecule has 3 aromatic carbocycles. The van der Waals surface area contributed by atoms with Crippen molar-refractivity contribution in [1.29, 1.82) is 0 Å². The van der Waals surface area contributed by atoms with Gasteiger partial charge in [0.05, 0.1) is 16.1 Å². The van der Waals surface area contributed by atoms with Crippen molar-refractivity contribution in [2.24, 2.45) is 0 Å². The summed E-state index contributed by atoms with van der Waals surface area (Å²) in [4.78, 5) is 13.8. The van der Waals surface area contributed by atoms with Crippen LogP contribution >= 0.6 is 0 Å². The van der Waals surface area contributed by atoms with Crippen LogP contribution in [0.1, 0.15) is 0 Å². The van der Waals surface area contributed by atoms with Gasteiger partial charge in [-0.05, 0) is 35.0 Å². The zero-order valence-corrected chi connectivity index (χ0v) is 14.1. The normalized spacial score (nSPS) is 11.9. The van der Waals surface area contributed by atoms with E-state index in [1.807, 2.05) is 36.4 Å². The van der Waals surface area contributed by atoms with Crippen LogP contribution in [0.3, 0.4) is 0 Å². The number of hydrogen-bond acceptors (Lipinski definition) is 4. The first-order chi connectivity index (χ1) is 11.9. The fourth-order valence-electron chi connectivity index (χ4n) is 2.76. The summed E-state index contributed by atoms with van der Waals surface area (Å²) in [5, 5.41) is 1.99. The van der Waals surface area contributed by atoms with Crippen molar-refractivity contribution in [2.75, 3.05) is 11.4 Å². The molecule has 0 fully saturated rings. The minimum Gasteiger partial charge on any atom is -0.408 e. The van der Waals surface area contributed by atoms with Gasteiger partial charge in [-0.3, -0.25) is 9.29 Å². The summed E-state index contributed by atoms with van der Waals surface area (Å²) < 4.78 is 32.0. The third kappa shape index (κ3) is 2.58. The second-order valence-electron chi connectivity index (χ2n) is 5.68. The molecular formula is C18H14N2O4S. The topological polar surface area (TPSA) is 83.4 Å². The Morgan fingerprint density at radius 1 is 0.960 bits per heavy atom. The molecule has 0 aliphatic rings. The standard InChI is InChI=1S/C18H14N2O4S/c1-20(14-7-6-12-4-2-3-5-13(12)10-14)25(22,23)15-8-9-16-17(11-15)24-18(21)19-16/h2-11H,1H3,(H,19,21). The fourth-order valence-corrected chi connectivity index (χ4v) is 3.96. The molecule has 1 N–H and O–H groups in total. The van der Waals surface area contributed by atoms with Gasteiger partial charge < -0.3 is 4.42 Å². The number of aromatic nitrogens is 1. The molecule has 0 unspecified atom stereocenters. The number of fused-ring (bicyclic) bond motifs is 2. The highest BCUT2D eigenvalue weighted by molar-refractivity contribution is 7.92. The van der Waals surface area contributed by atoms with E-state index in [0.29, 0.717) is 11.2 Å². The Kier molecular flexibility index (Phi) is 3.40.